The van der Waals surface area contributed by atoms with Gasteiger partial charge in [0.25, 0.3) is 0 Å². The van der Waals surface area contributed by atoms with Crippen molar-refractivity contribution < 1.29 is 29.6 Å². The normalized spacial score (nSPS) is 10.6. The van der Waals surface area contributed by atoms with Crippen LogP contribution in [-0.4, -0.2) is 13.6 Å². The fourth-order valence-corrected chi connectivity index (χ4v) is 2.85. The SMILES string of the molecule is CCCCCCCCCCCCCCCCCCNC.[Na+]. The van der Waals surface area contributed by atoms with Crippen molar-refractivity contribution in [3.63, 3.8) is 0 Å². The van der Waals surface area contributed by atoms with E-state index in [0.29, 0.717) is 0 Å². The molecule has 2 heteroatoms. The van der Waals surface area contributed by atoms with Gasteiger partial charge in [-0.2, -0.15) is 0 Å². The first kappa shape index (κ1) is 24.2. The predicted molar refractivity (Wildman–Crippen MR) is 93.5 cm³/mol. The Labute approximate surface area is 157 Å². The van der Waals surface area contributed by atoms with Crippen LogP contribution in [0.2, 0.25) is 0 Å². The molecule has 1 nitrogen and oxygen atoms in total. The van der Waals surface area contributed by atoms with Crippen molar-refractivity contribution in [2.24, 2.45) is 0 Å². The molecule has 0 aliphatic heterocycles. The minimum absolute atomic E-state index is 0. The van der Waals surface area contributed by atoms with Crippen molar-refractivity contribution in [3.05, 3.63) is 0 Å². The van der Waals surface area contributed by atoms with E-state index < -0.39 is 0 Å². The molecule has 0 aliphatic rings. The molecule has 0 bridgehead atoms. The molecule has 21 heavy (non-hydrogen) atoms. The summed E-state index contributed by atoms with van der Waals surface area (Å²) < 4.78 is 0. The van der Waals surface area contributed by atoms with Gasteiger partial charge in [-0.3, -0.25) is 0 Å². The summed E-state index contributed by atoms with van der Waals surface area (Å²) in [4.78, 5) is 0. The molecular weight excluding hydrogens is 265 g/mol. The molecule has 0 heterocycles. The first-order valence-corrected chi connectivity index (χ1v) is 9.56. The monoisotopic (exact) mass is 306 g/mol. The summed E-state index contributed by atoms with van der Waals surface area (Å²) in [6.07, 6.45) is 23.2. The van der Waals surface area contributed by atoms with E-state index in [2.05, 4.69) is 12.2 Å². The van der Waals surface area contributed by atoms with Crippen LogP contribution in [0.4, 0.5) is 0 Å². The Hall–Kier alpha value is 0.960. The van der Waals surface area contributed by atoms with E-state index in [4.69, 9.17) is 0 Å². The third kappa shape index (κ3) is 23.4. The minimum atomic E-state index is 0. The molecule has 0 aromatic heterocycles. The van der Waals surface area contributed by atoms with E-state index in [1.54, 1.807) is 0 Å². The molecule has 0 unspecified atom stereocenters. The molecule has 0 atom stereocenters. The molecule has 0 fully saturated rings. The predicted octanol–water partition coefficient (Wildman–Crippen LogP) is 3.47. The van der Waals surface area contributed by atoms with Crippen LogP contribution in [0.1, 0.15) is 110 Å². The van der Waals surface area contributed by atoms with Crippen LogP contribution in [0.3, 0.4) is 0 Å². The largest absolute Gasteiger partial charge is 1.00 e. The topological polar surface area (TPSA) is 12.0 Å². The maximum absolute atomic E-state index is 3.22. The second kappa shape index (κ2) is 23.2. The van der Waals surface area contributed by atoms with Gasteiger partial charge in [-0.05, 0) is 20.0 Å². The molecule has 122 valence electrons. The summed E-state index contributed by atoms with van der Waals surface area (Å²) >= 11 is 0. The molecule has 1 N–H and O–H groups in total. The van der Waals surface area contributed by atoms with Gasteiger partial charge < -0.3 is 5.32 Å². The van der Waals surface area contributed by atoms with Crippen LogP contribution >= 0.6 is 0 Å². The van der Waals surface area contributed by atoms with Gasteiger partial charge in [-0.25, -0.2) is 0 Å². The van der Waals surface area contributed by atoms with Gasteiger partial charge in [0.05, 0.1) is 0 Å². The minimum Gasteiger partial charge on any atom is -0.320 e. The van der Waals surface area contributed by atoms with E-state index in [9.17, 15) is 0 Å². The molecule has 0 saturated heterocycles. The smallest absolute Gasteiger partial charge is 0.320 e. The van der Waals surface area contributed by atoms with Gasteiger partial charge in [-0.1, -0.05) is 103 Å². The average molecular weight is 307 g/mol. The van der Waals surface area contributed by atoms with Crippen molar-refractivity contribution in [2.45, 2.75) is 110 Å². The summed E-state index contributed by atoms with van der Waals surface area (Å²) in [7, 11) is 2.05. The van der Waals surface area contributed by atoms with Gasteiger partial charge in [-0.15, -0.1) is 0 Å². The van der Waals surface area contributed by atoms with Crippen molar-refractivity contribution in [1.29, 1.82) is 0 Å². The maximum atomic E-state index is 3.22. The quantitative estimate of drug-likeness (QED) is 0.320. The Kier molecular flexibility index (Phi) is 26.8. The molecular formula is C19H41NNa+. The molecule has 0 radical (unpaired) electrons. The summed E-state index contributed by atoms with van der Waals surface area (Å²) in [5.74, 6) is 0. The molecule has 0 rings (SSSR count). The first-order valence-electron chi connectivity index (χ1n) is 9.56. The second-order valence-corrected chi connectivity index (χ2v) is 6.41. The van der Waals surface area contributed by atoms with Crippen LogP contribution in [0.5, 0.6) is 0 Å². The zero-order valence-electron chi connectivity index (χ0n) is 15.5. The standard InChI is InChI=1S/C19H41N.Na/c1-3-4-5-6-7-8-9-10-11-12-13-14-15-16-17-18-19-20-2;/h20H,3-19H2,1-2H3;/q;+1. The second-order valence-electron chi connectivity index (χ2n) is 6.41. The van der Waals surface area contributed by atoms with E-state index in [-0.39, 0.29) is 29.6 Å². The Balaban J connectivity index is 0. The van der Waals surface area contributed by atoms with Gasteiger partial charge in [0.15, 0.2) is 0 Å². The summed E-state index contributed by atoms with van der Waals surface area (Å²) in [6.45, 7) is 3.49. The van der Waals surface area contributed by atoms with E-state index in [1.807, 2.05) is 7.05 Å². The third-order valence-corrected chi connectivity index (χ3v) is 4.28. The Morgan fingerprint density at radius 2 is 0.762 bits per heavy atom. The molecule has 0 aromatic carbocycles. The van der Waals surface area contributed by atoms with Gasteiger partial charge in [0.1, 0.15) is 0 Å². The number of nitrogens with one attached hydrogen (secondary N) is 1. The Morgan fingerprint density at radius 1 is 0.476 bits per heavy atom. The van der Waals surface area contributed by atoms with E-state index in [1.165, 1.54) is 109 Å². The van der Waals surface area contributed by atoms with Crippen molar-refractivity contribution in [2.75, 3.05) is 13.6 Å². The molecule has 0 saturated carbocycles. The molecule has 0 spiro atoms. The zero-order chi connectivity index (χ0) is 14.7. The van der Waals surface area contributed by atoms with Crippen LogP contribution in [0.25, 0.3) is 0 Å². The number of unbranched alkanes of at least 4 members (excludes halogenated alkanes) is 15. The van der Waals surface area contributed by atoms with Gasteiger partial charge in [0, 0.05) is 0 Å². The van der Waals surface area contributed by atoms with Crippen LogP contribution < -0.4 is 34.9 Å². The first-order chi connectivity index (χ1) is 9.91. The fraction of sp³-hybridized carbons (Fsp3) is 1.00. The third-order valence-electron chi connectivity index (χ3n) is 4.28. The number of hydrogen-bond acceptors (Lipinski definition) is 1. The van der Waals surface area contributed by atoms with Crippen molar-refractivity contribution in [3.8, 4) is 0 Å². The molecule has 0 amide bonds. The van der Waals surface area contributed by atoms with E-state index >= 15 is 0 Å². The summed E-state index contributed by atoms with van der Waals surface area (Å²) in [5.41, 5.74) is 0. The van der Waals surface area contributed by atoms with Gasteiger partial charge in [0.2, 0.25) is 0 Å². The van der Waals surface area contributed by atoms with E-state index in [0.717, 1.165) is 0 Å². The molecule has 0 aromatic rings. The number of rotatable bonds is 17. The summed E-state index contributed by atoms with van der Waals surface area (Å²) in [6, 6.07) is 0. The zero-order valence-corrected chi connectivity index (χ0v) is 17.5. The average Bonchev–Trinajstić information content (AvgIpc) is 2.47. The van der Waals surface area contributed by atoms with Crippen LogP contribution in [0, 0.1) is 0 Å². The van der Waals surface area contributed by atoms with Crippen LogP contribution in [0.15, 0.2) is 0 Å². The van der Waals surface area contributed by atoms with Crippen molar-refractivity contribution >= 4 is 0 Å². The Bertz CT molecular complexity index is 144. The summed E-state index contributed by atoms with van der Waals surface area (Å²) in [5, 5.41) is 3.22. The number of hydrogen-bond donors (Lipinski definition) is 1. The fourth-order valence-electron chi connectivity index (χ4n) is 2.85. The van der Waals surface area contributed by atoms with Crippen LogP contribution in [-0.2, 0) is 0 Å². The Morgan fingerprint density at radius 3 is 1.05 bits per heavy atom. The molecule has 0 aliphatic carbocycles. The maximum Gasteiger partial charge on any atom is 1.00 e. The van der Waals surface area contributed by atoms with Crippen molar-refractivity contribution in [1.82, 2.24) is 5.32 Å². The van der Waals surface area contributed by atoms with Gasteiger partial charge >= 0.3 is 29.6 Å².